The molecule has 0 aliphatic carbocycles. The second-order valence-corrected chi connectivity index (χ2v) is 5.36. The molecule has 21 heavy (non-hydrogen) atoms. The van der Waals surface area contributed by atoms with Crippen molar-refractivity contribution >= 4 is 29.1 Å². The van der Waals surface area contributed by atoms with Gasteiger partial charge in [-0.2, -0.15) is 5.10 Å². The van der Waals surface area contributed by atoms with Crippen LogP contribution in [0.2, 0.25) is 0 Å². The minimum Gasteiger partial charge on any atom is -0.395 e. The molecule has 1 heterocycles. The maximum absolute atomic E-state index is 11.7. The molecule has 0 atom stereocenters. The third-order valence-electron chi connectivity index (χ3n) is 2.89. The van der Waals surface area contributed by atoms with Gasteiger partial charge in [0, 0.05) is 19.3 Å². The molecule has 0 fully saturated rings. The first-order valence-corrected chi connectivity index (χ1v) is 7.37. The topological polar surface area (TPSA) is 64.9 Å². The highest BCUT2D eigenvalue weighted by molar-refractivity contribution is 7.12. The first-order chi connectivity index (χ1) is 10.2. The molecular weight excluding hydrogens is 286 g/mol. The van der Waals surface area contributed by atoms with E-state index in [2.05, 4.69) is 10.5 Å². The molecule has 0 saturated heterocycles. The van der Waals surface area contributed by atoms with E-state index < -0.39 is 0 Å². The summed E-state index contributed by atoms with van der Waals surface area (Å²) in [6.07, 6.45) is 1.60. The summed E-state index contributed by atoms with van der Waals surface area (Å²) in [5.41, 5.74) is 4.40. The number of hydrogen-bond donors (Lipinski definition) is 2. The summed E-state index contributed by atoms with van der Waals surface area (Å²) in [4.78, 5) is 14.3. The molecule has 6 heteroatoms. The molecule has 0 spiro atoms. The Morgan fingerprint density at radius 2 is 2.14 bits per heavy atom. The van der Waals surface area contributed by atoms with Crippen LogP contribution >= 0.6 is 11.3 Å². The average molecular weight is 303 g/mol. The van der Waals surface area contributed by atoms with E-state index in [9.17, 15) is 4.79 Å². The van der Waals surface area contributed by atoms with E-state index in [1.807, 2.05) is 47.7 Å². The molecule has 5 nitrogen and oxygen atoms in total. The highest BCUT2D eigenvalue weighted by Crippen LogP contribution is 2.12. The number of aliphatic hydroxyl groups excluding tert-OH is 1. The van der Waals surface area contributed by atoms with Gasteiger partial charge in [-0.05, 0) is 29.1 Å². The number of carbonyl (C=O) groups excluding carboxylic acids is 1. The maximum atomic E-state index is 11.7. The molecule has 2 rings (SSSR count). The average Bonchev–Trinajstić information content (AvgIpc) is 3.02. The Morgan fingerprint density at radius 1 is 1.38 bits per heavy atom. The lowest BCUT2D eigenvalue weighted by Gasteiger charge is -2.17. The Bertz CT molecular complexity index is 594. The molecule has 1 aromatic heterocycles. The van der Waals surface area contributed by atoms with Crippen LogP contribution in [0.3, 0.4) is 0 Å². The third-order valence-corrected chi connectivity index (χ3v) is 3.76. The van der Waals surface area contributed by atoms with Crippen LogP contribution in [0.1, 0.15) is 15.2 Å². The fourth-order valence-electron chi connectivity index (χ4n) is 1.72. The van der Waals surface area contributed by atoms with Crippen molar-refractivity contribution in [1.82, 2.24) is 5.43 Å². The largest absolute Gasteiger partial charge is 0.395 e. The molecule has 1 aromatic carbocycles. The van der Waals surface area contributed by atoms with E-state index in [4.69, 9.17) is 5.11 Å². The quantitative estimate of drug-likeness (QED) is 0.633. The number of benzene rings is 1. The van der Waals surface area contributed by atoms with E-state index in [0.717, 1.165) is 11.3 Å². The molecule has 0 aliphatic rings. The van der Waals surface area contributed by atoms with Gasteiger partial charge in [-0.1, -0.05) is 18.2 Å². The molecule has 110 valence electrons. The molecule has 0 saturated carbocycles. The zero-order chi connectivity index (χ0) is 15.1. The van der Waals surface area contributed by atoms with Gasteiger partial charge in [0.2, 0.25) is 0 Å². The minimum absolute atomic E-state index is 0.120. The summed E-state index contributed by atoms with van der Waals surface area (Å²) in [7, 11) is 1.92. The lowest BCUT2D eigenvalue weighted by atomic mass is 10.2. The molecular formula is C15H17N3O2S. The molecule has 0 bridgehead atoms. The standard InChI is InChI=1S/C15H17N3O2S/c1-18(8-9-19)13-6-4-12(5-7-13)11-16-17-15(20)14-3-2-10-21-14/h2-7,10-11,19H,8-9H2,1H3,(H,17,20). The molecule has 2 aromatic rings. The van der Waals surface area contributed by atoms with Crippen LogP contribution < -0.4 is 10.3 Å². The number of nitrogens with one attached hydrogen (secondary N) is 1. The van der Waals surface area contributed by atoms with Crippen LogP contribution in [0.25, 0.3) is 0 Å². The van der Waals surface area contributed by atoms with E-state index in [1.165, 1.54) is 11.3 Å². The van der Waals surface area contributed by atoms with Crippen molar-refractivity contribution in [2.24, 2.45) is 5.10 Å². The van der Waals surface area contributed by atoms with Crippen molar-refractivity contribution in [1.29, 1.82) is 0 Å². The Morgan fingerprint density at radius 3 is 2.76 bits per heavy atom. The number of anilines is 1. The fourth-order valence-corrected chi connectivity index (χ4v) is 2.34. The van der Waals surface area contributed by atoms with Crippen LogP contribution in [-0.2, 0) is 0 Å². The van der Waals surface area contributed by atoms with Gasteiger partial charge in [-0.15, -0.1) is 11.3 Å². The minimum atomic E-state index is -0.208. The highest BCUT2D eigenvalue weighted by Gasteiger charge is 2.03. The van der Waals surface area contributed by atoms with Crippen LogP contribution in [-0.4, -0.2) is 37.4 Å². The van der Waals surface area contributed by atoms with Crippen LogP contribution in [0.5, 0.6) is 0 Å². The third kappa shape index (κ3) is 4.40. The molecule has 0 aliphatic heterocycles. The van der Waals surface area contributed by atoms with Crippen molar-refractivity contribution in [2.45, 2.75) is 0 Å². The zero-order valence-corrected chi connectivity index (χ0v) is 12.5. The van der Waals surface area contributed by atoms with Gasteiger partial charge in [-0.3, -0.25) is 4.79 Å². The number of rotatable bonds is 6. The fraction of sp³-hybridized carbons (Fsp3) is 0.200. The van der Waals surface area contributed by atoms with E-state index in [0.29, 0.717) is 11.4 Å². The highest BCUT2D eigenvalue weighted by atomic mass is 32.1. The van der Waals surface area contributed by atoms with E-state index in [1.54, 1.807) is 12.3 Å². The molecule has 0 unspecified atom stereocenters. The monoisotopic (exact) mass is 303 g/mol. The van der Waals surface area contributed by atoms with Gasteiger partial charge >= 0.3 is 0 Å². The number of hydrogen-bond acceptors (Lipinski definition) is 5. The zero-order valence-electron chi connectivity index (χ0n) is 11.7. The van der Waals surface area contributed by atoms with Gasteiger partial charge in [-0.25, -0.2) is 5.43 Å². The number of nitrogens with zero attached hydrogens (tertiary/aromatic N) is 2. The number of hydrazone groups is 1. The number of amides is 1. The first kappa shape index (κ1) is 15.2. The Hall–Kier alpha value is -2.18. The summed E-state index contributed by atoms with van der Waals surface area (Å²) < 4.78 is 0. The van der Waals surface area contributed by atoms with Gasteiger partial charge in [0.1, 0.15) is 0 Å². The molecule has 0 radical (unpaired) electrons. The predicted molar refractivity (Wildman–Crippen MR) is 86.2 cm³/mol. The van der Waals surface area contributed by atoms with Crippen molar-refractivity contribution in [3.05, 3.63) is 52.2 Å². The van der Waals surface area contributed by atoms with Crippen molar-refractivity contribution in [3.63, 3.8) is 0 Å². The smallest absolute Gasteiger partial charge is 0.281 e. The summed E-state index contributed by atoms with van der Waals surface area (Å²) in [6.45, 7) is 0.707. The van der Waals surface area contributed by atoms with E-state index in [-0.39, 0.29) is 12.5 Å². The summed E-state index contributed by atoms with van der Waals surface area (Å²) >= 11 is 1.38. The van der Waals surface area contributed by atoms with Gasteiger partial charge in [0.05, 0.1) is 17.7 Å². The second kappa shape index (κ2) is 7.56. The first-order valence-electron chi connectivity index (χ1n) is 6.49. The molecule has 1 amide bonds. The van der Waals surface area contributed by atoms with Crippen molar-refractivity contribution in [3.8, 4) is 0 Å². The Kier molecular flexibility index (Phi) is 5.48. The van der Waals surface area contributed by atoms with Crippen LogP contribution in [0.15, 0.2) is 46.9 Å². The number of carbonyl (C=O) groups is 1. The number of aliphatic hydroxyl groups is 1. The van der Waals surface area contributed by atoms with Crippen molar-refractivity contribution < 1.29 is 9.90 Å². The second-order valence-electron chi connectivity index (χ2n) is 4.41. The Labute approximate surface area is 127 Å². The maximum Gasteiger partial charge on any atom is 0.281 e. The summed E-state index contributed by atoms with van der Waals surface area (Å²) in [5.74, 6) is -0.208. The SMILES string of the molecule is CN(CCO)c1ccc(C=NNC(=O)c2cccs2)cc1. The predicted octanol–water partition coefficient (Wildman–Crippen LogP) is 1.94. The van der Waals surface area contributed by atoms with Crippen LogP contribution in [0.4, 0.5) is 5.69 Å². The lowest BCUT2D eigenvalue weighted by Crippen LogP contribution is -2.20. The molecule has 2 N–H and O–H groups in total. The number of thiophene rings is 1. The number of likely N-dealkylation sites (N-methyl/N-ethyl adjacent to an activating group) is 1. The van der Waals surface area contributed by atoms with Crippen LogP contribution in [0, 0.1) is 0 Å². The lowest BCUT2D eigenvalue weighted by molar-refractivity contribution is 0.0959. The summed E-state index contributed by atoms with van der Waals surface area (Å²) in [6, 6.07) is 11.3. The van der Waals surface area contributed by atoms with Gasteiger partial charge < -0.3 is 10.0 Å². The van der Waals surface area contributed by atoms with E-state index >= 15 is 0 Å². The van der Waals surface area contributed by atoms with Gasteiger partial charge in [0.15, 0.2) is 0 Å². The normalized spacial score (nSPS) is 10.8. The van der Waals surface area contributed by atoms with Gasteiger partial charge in [0.25, 0.3) is 5.91 Å². The Balaban J connectivity index is 1.91. The van der Waals surface area contributed by atoms with Crippen molar-refractivity contribution in [2.75, 3.05) is 25.1 Å². The summed E-state index contributed by atoms with van der Waals surface area (Å²) in [5, 5.41) is 14.7.